The minimum Gasteiger partial charge on any atom is -0.352 e. The lowest BCUT2D eigenvalue weighted by Gasteiger charge is -2.24. The monoisotopic (exact) mass is 375 g/mol. The molecule has 0 aromatic carbocycles. The fourth-order valence-corrected chi connectivity index (χ4v) is 6.19. The molecule has 1 N–H and O–H groups in total. The summed E-state index contributed by atoms with van der Waals surface area (Å²) in [6, 6.07) is 0.364. The highest BCUT2D eigenvalue weighted by molar-refractivity contribution is 8.00. The fourth-order valence-electron chi connectivity index (χ4n) is 3.94. The topological polar surface area (TPSA) is 54.9 Å². The Morgan fingerprint density at radius 2 is 2.00 bits per heavy atom. The Morgan fingerprint density at radius 3 is 2.84 bits per heavy atom. The molecule has 0 spiro atoms. The van der Waals surface area contributed by atoms with Gasteiger partial charge in [0.2, 0.25) is 5.91 Å². The third kappa shape index (κ3) is 3.70. The van der Waals surface area contributed by atoms with Crippen molar-refractivity contribution in [2.45, 2.75) is 81.0 Å². The molecule has 2 aliphatic carbocycles. The Kier molecular flexibility index (Phi) is 5.27. The van der Waals surface area contributed by atoms with E-state index in [1.807, 2.05) is 18.3 Å². The molecule has 1 fully saturated rings. The lowest BCUT2D eigenvalue weighted by Crippen LogP contribution is -2.40. The third-order valence-corrected chi connectivity index (χ3v) is 7.63. The summed E-state index contributed by atoms with van der Waals surface area (Å²) in [6.45, 7) is 2.00. The van der Waals surface area contributed by atoms with Gasteiger partial charge in [0, 0.05) is 16.3 Å². The van der Waals surface area contributed by atoms with Crippen molar-refractivity contribution >= 4 is 39.2 Å². The van der Waals surface area contributed by atoms with E-state index in [-0.39, 0.29) is 11.2 Å². The Balaban J connectivity index is 1.51. The lowest BCUT2D eigenvalue weighted by molar-refractivity contribution is -0.121. The van der Waals surface area contributed by atoms with Gasteiger partial charge in [-0.05, 0) is 51.0 Å². The number of fused-ring (bicyclic) bond motifs is 3. The summed E-state index contributed by atoms with van der Waals surface area (Å²) in [7, 11) is 0. The maximum absolute atomic E-state index is 12.6. The molecule has 2 aliphatic rings. The maximum atomic E-state index is 12.6. The molecule has 2 heterocycles. The average Bonchev–Trinajstić information content (AvgIpc) is 3.02. The number of carbonyl (C=O) groups is 1. The van der Waals surface area contributed by atoms with Crippen LogP contribution in [-0.2, 0) is 17.6 Å². The van der Waals surface area contributed by atoms with Gasteiger partial charge in [0.15, 0.2) is 0 Å². The zero-order chi connectivity index (χ0) is 17.2. The van der Waals surface area contributed by atoms with Gasteiger partial charge in [-0.2, -0.15) is 0 Å². The quantitative estimate of drug-likeness (QED) is 0.631. The van der Waals surface area contributed by atoms with Crippen LogP contribution in [0.15, 0.2) is 11.4 Å². The van der Waals surface area contributed by atoms with E-state index >= 15 is 0 Å². The van der Waals surface area contributed by atoms with Gasteiger partial charge < -0.3 is 5.32 Å². The van der Waals surface area contributed by atoms with Gasteiger partial charge in [-0.1, -0.05) is 31.0 Å². The predicted octanol–water partition coefficient (Wildman–Crippen LogP) is 4.50. The number of aromatic nitrogens is 2. The van der Waals surface area contributed by atoms with Crippen LogP contribution in [0.5, 0.6) is 0 Å². The molecule has 6 heteroatoms. The van der Waals surface area contributed by atoms with E-state index in [0.717, 1.165) is 35.5 Å². The molecule has 4 nitrogen and oxygen atoms in total. The standard InChI is InChI=1S/C19H25N3OS2/c1-12(17(23)22-13-7-3-2-4-8-13)24-18-16-14-9-5-6-10-15(14)25-19(16)21-11-20-18/h11-13H,2-10H2,1H3,(H,22,23). The Hall–Kier alpha value is -1.14. The summed E-state index contributed by atoms with van der Waals surface area (Å²) in [5, 5.41) is 5.31. The normalized spacial score (nSPS) is 19.6. The largest absolute Gasteiger partial charge is 0.352 e. The molecule has 1 saturated carbocycles. The molecule has 0 bridgehead atoms. The first-order valence-electron chi connectivity index (χ1n) is 9.44. The van der Waals surface area contributed by atoms with Crippen molar-refractivity contribution in [3.05, 3.63) is 16.8 Å². The Bertz CT molecular complexity index is 767. The van der Waals surface area contributed by atoms with E-state index < -0.39 is 0 Å². The summed E-state index contributed by atoms with van der Waals surface area (Å²) in [4.78, 5) is 24.2. The third-order valence-electron chi connectivity index (χ3n) is 5.33. The summed E-state index contributed by atoms with van der Waals surface area (Å²) >= 11 is 3.40. The van der Waals surface area contributed by atoms with Gasteiger partial charge in [0.1, 0.15) is 16.2 Å². The number of amides is 1. The number of hydrogen-bond acceptors (Lipinski definition) is 5. The van der Waals surface area contributed by atoms with E-state index in [1.165, 1.54) is 47.9 Å². The second kappa shape index (κ2) is 7.62. The molecule has 0 saturated heterocycles. The van der Waals surface area contributed by atoms with Gasteiger partial charge in [0.05, 0.1) is 5.25 Å². The van der Waals surface area contributed by atoms with Crippen LogP contribution in [0.1, 0.15) is 62.3 Å². The van der Waals surface area contributed by atoms with E-state index in [9.17, 15) is 4.79 Å². The van der Waals surface area contributed by atoms with Crippen molar-refractivity contribution < 1.29 is 4.79 Å². The fraction of sp³-hybridized carbons (Fsp3) is 0.632. The Labute approximate surface area is 157 Å². The zero-order valence-electron chi connectivity index (χ0n) is 14.7. The molecular formula is C19H25N3OS2. The lowest BCUT2D eigenvalue weighted by atomic mass is 9.95. The number of hydrogen-bond donors (Lipinski definition) is 1. The van der Waals surface area contributed by atoms with Crippen molar-refractivity contribution in [3.8, 4) is 0 Å². The predicted molar refractivity (Wildman–Crippen MR) is 104 cm³/mol. The number of carbonyl (C=O) groups excluding carboxylic acids is 1. The molecule has 25 heavy (non-hydrogen) atoms. The number of nitrogens with one attached hydrogen (secondary N) is 1. The van der Waals surface area contributed by atoms with Crippen molar-refractivity contribution in [1.29, 1.82) is 0 Å². The molecule has 1 atom stereocenters. The van der Waals surface area contributed by atoms with Crippen LogP contribution >= 0.6 is 23.1 Å². The van der Waals surface area contributed by atoms with E-state index in [4.69, 9.17) is 0 Å². The van der Waals surface area contributed by atoms with Crippen LogP contribution in [-0.4, -0.2) is 27.2 Å². The minimum absolute atomic E-state index is 0.126. The van der Waals surface area contributed by atoms with Crippen LogP contribution in [0.4, 0.5) is 0 Å². The molecule has 4 rings (SSSR count). The van der Waals surface area contributed by atoms with Crippen molar-refractivity contribution in [2.75, 3.05) is 0 Å². The molecule has 1 amide bonds. The average molecular weight is 376 g/mol. The SMILES string of the molecule is CC(Sc1ncnc2sc3c(c12)CCCC3)C(=O)NC1CCCCC1. The van der Waals surface area contributed by atoms with E-state index in [0.29, 0.717) is 6.04 Å². The Morgan fingerprint density at radius 1 is 1.20 bits per heavy atom. The van der Waals surface area contributed by atoms with Crippen LogP contribution in [0.3, 0.4) is 0 Å². The number of rotatable bonds is 4. The summed E-state index contributed by atoms with van der Waals surface area (Å²) < 4.78 is 0. The van der Waals surface area contributed by atoms with Crippen LogP contribution < -0.4 is 5.32 Å². The maximum Gasteiger partial charge on any atom is 0.233 e. The highest BCUT2D eigenvalue weighted by Gasteiger charge is 2.24. The van der Waals surface area contributed by atoms with Gasteiger partial charge in [0.25, 0.3) is 0 Å². The number of aryl methyl sites for hydroxylation is 2. The first kappa shape index (κ1) is 17.3. The summed E-state index contributed by atoms with van der Waals surface area (Å²) in [5.41, 5.74) is 1.44. The number of thioether (sulfide) groups is 1. The number of thiophene rings is 1. The van der Waals surface area contributed by atoms with Crippen molar-refractivity contribution in [2.24, 2.45) is 0 Å². The van der Waals surface area contributed by atoms with Crippen LogP contribution in [0.2, 0.25) is 0 Å². The molecule has 134 valence electrons. The second-order valence-corrected chi connectivity index (χ2v) is 9.59. The second-order valence-electron chi connectivity index (χ2n) is 7.17. The van der Waals surface area contributed by atoms with Gasteiger partial charge >= 0.3 is 0 Å². The smallest absolute Gasteiger partial charge is 0.233 e. The molecule has 2 aromatic rings. The van der Waals surface area contributed by atoms with Gasteiger partial charge in [-0.3, -0.25) is 4.79 Å². The molecule has 2 aromatic heterocycles. The van der Waals surface area contributed by atoms with E-state index in [1.54, 1.807) is 18.1 Å². The van der Waals surface area contributed by atoms with E-state index in [2.05, 4.69) is 15.3 Å². The molecule has 1 unspecified atom stereocenters. The number of nitrogens with zero attached hydrogens (tertiary/aromatic N) is 2. The van der Waals surface area contributed by atoms with Crippen LogP contribution in [0.25, 0.3) is 10.2 Å². The molecular weight excluding hydrogens is 350 g/mol. The molecule has 0 aliphatic heterocycles. The first-order valence-corrected chi connectivity index (χ1v) is 11.1. The highest BCUT2D eigenvalue weighted by atomic mass is 32.2. The van der Waals surface area contributed by atoms with Gasteiger partial charge in [-0.25, -0.2) is 9.97 Å². The minimum atomic E-state index is -0.126. The van der Waals surface area contributed by atoms with Crippen molar-refractivity contribution in [1.82, 2.24) is 15.3 Å². The van der Waals surface area contributed by atoms with Crippen LogP contribution in [0, 0.1) is 0 Å². The van der Waals surface area contributed by atoms with Gasteiger partial charge in [-0.15, -0.1) is 11.3 Å². The first-order chi connectivity index (χ1) is 12.2. The highest BCUT2D eigenvalue weighted by Crippen LogP contribution is 2.40. The zero-order valence-corrected chi connectivity index (χ0v) is 16.3. The molecule has 0 radical (unpaired) electrons. The summed E-state index contributed by atoms with van der Waals surface area (Å²) in [6.07, 6.45) is 12.5. The summed E-state index contributed by atoms with van der Waals surface area (Å²) in [5.74, 6) is 0.146. The van der Waals surface area contributed by atoms with Crippen molar-refractivity contribution in [3.63, 3.8) is 0 Å².